The molecule has 0 fully saturated rings. The number of nitrogens with one attached hydrogen (secondary N) is 1. The van der Waals surface area contributed by atoms with E-state index in [1.807, 2.05) is 30.3 Å². The zero-order valence-corrected chi connectivity index (χ0v) is 12.7. The van der Waals surface area contributed by atoms with Crippen molar-refractivity contribution in [1.82, 2.24) is 5.32 Å². The minimum absolute atomic E-state index is 0.0465. The van der Waals surface area contributed by atoms with Crippen molar-refractivity contribution >= 4 is 6.09 Å². The molecule has 2 atom stereocenters. The van der Waals surface area contributed by atoms with E-state index in [4.69, 9.17) is 4.74 Å². The molecule has 0 spiro atoms. The van der Waals surface area contributed by atoms with Crippen molar-refractivity contribution in [3.63, 3.8) is 0 Å². The van der Waals surface area contributed by atoms with E-state index in [2.05, 4.69) is 36.5 Å². The van der Waals surface area contributed by atoms with Crippen LogP contribution in [0.2, 0.25) is 0 Å². The summed E-state index contributed by atoms with van der Waals surface area (Å²) in [4.78, 5) is 11.7. The Morgan fingerprint density at radius 2 is 2.10 bits per heavy atom. The number of hydrogen-bond donors (Lipinski definition) is 1. The molecular formula is C18H23NO2. The third-order valence-corrected chi connectivity index (χ3v) is 4.22. The van der Waals surface area contributed by atoms with Gasteiger partial charge in [0, 0.05) is 0 Å². The summed E-state index contributed by atoms with van der Waals surface area (Å²) >= 11 is 0. The van der Waals surface area contributed by atoms with Gasteiger partial charge in [-0.25, -0.2) is 4.79 Å². The van der Waals surface area contributed by atoms with Crippen LogP contribution in [-0.4, -0.2) is 13.2 Å². The normalized spacial score (nSPS) is 21.8. The number of hydrogen-bond acceptors (Lipinski definition) is 2. The van der Waals surface area contributed by atoms with Crippen molar-refractivity contribution in [2.75, 3.05) is 7.11 Å². The number of carbonyl (C=O) groups is 1. The van der Waals surface area contributed by atoms with Gasteiger partial charge in [0.25, 0.3) is 0 Å². The smallest absolute Gasteiger partial charge is 0.407 e. The van der Waals surface area contributed by atoms with E-state index in [9.17, 15) is 4.79 Å². The van der Waals surface area contributed by atoms with Crippen LogP contribution in [0.1, 0.15) is 37.8 Å². The van der Waals surface area contributed by atoms with Gasteiger partial charge in [-0.2, -0.15) is 0 Å². The zero-order chi connectivity index (χ0) is 15.1. The molecule has 2 rings (SSSR count). The molecule has 1 aliphatic carbocycles. The van der Waals surface area contributed by atoms with Gasteiger partial charge in [-0.1, -0.05) is 61.6 Å². The molecule has 1 aliphatic rings. The number of rotatable bonds is 5. The lowest BCUT2D eigenvalue weighted by atomic mass is 9.73. The summed E-state index contributed by atoms with van der Waals surface area (Å²) in [6, 6.07) is 10.0. The second-order valence-electron chi connectivity index (χ2n) is 5.51. The average molecular weight is 285 g/mol. The van der Waals surface area contributed by atoms with Crippen LogP contribution in [-0.2, 0) is 4.74 Å². The number of amides is 1. The quantitative estimate of drug-likeness (QED) is 0.871. The highest BCUT2D eigenvalue weighted by Crippen LogP contribution is 2.40. The van der Waals surface area contributed by atoms with Gasteiger partial charge >= 0.3 is 6.09 Å². The first-order chi connectivity index (χ1) is 10.2. The predicted octanol–water partition coefficient (Wildman–Crippen LogP) is 4.39. The minimum atomic E-state index is -0.384. The lowest BCUT2D eigenvalue weighted by molar-refractivity contribution is 0.161. The van der Waals surface area contributed by atoms with Crippen LogP contribution < -0.4 is 5.32 Å². The number of allylic oxidation sites excluding steroid dienone is 4. The van der Waals surface area contributed by atoms with Crippen molar-refractivity contribution in [1.29, 1.82) is 0 Å². The van der Waals surface area contributed by atoms with E-state index in [0.717, 1.165) is 24.8 Å². The first-order valence-electron chi connectivity index (χ1n) is 7.43. The van der Waals surface area contributed by atoms with Crippen LogP contribution in [0, 0.1) is 5.41 Å². The predicted molar refractivity (Wildman–Crippen MR) is 85.0 cm³/mol. The fourth-order valence-electron chi connectivity index (χ4n) is 2.81. The van der Waals surface area contributed by atoms with Gasteiger partial charge in [-0.05, 0) is 30.2 Å². The second-order valence-corrected chi connectivity index (χ2v) is 5.51. The van der Waals surface area contributed by atoms with Crippen LogP contribution in [0.15, 0.2) is 54.6 Å². The van der Waals surface area contributed by atoms with Gasteiger partial charge < -0.3 is 10.1 Å². The van der Waals surface area contributed by atoms with Crippen molar-refractivity contribution in [3.05, 3.63) is 60.2 Å². The standard InChI is InChI=1S/C18H23NO2/c1-3-18(12-8-5-9-13-18)14-16(19-17(20)21-2)15-10-6-4-7-11-15/h4-12,16H,3,13-14H2,1-2H3,(H,19,20). The molecule has 0 aliphatic heterocycles. The fraction of sp³-hybridized carbons (Fsp3) is 0.389. The maximum absolute atomic E-state index is 11.7. The monoisotopic (exact) mass is 285 g/mol. The van der Waals surface area contributed by atoms with Crippen LogP contribution in [0.5, 0.6) is 0 Å². The van der Waals surface area contributed by atoms with Crippen LogP contribution in [0.25, 0.3) is 0 Å². The Labute approximate surface area is 126 Å². The molecule has 0 saturated heterocycles. The molecule has 3 nitrogen and oxygen atoms in total. The van der Waals surface area contributed by atoms with Crippen molar-refractivity contribution < 1.29 is 9.53 Å². The highest BCUT2D eigenvalue weighted by molar-refractivity contribution is 5.67. The van der Waals surface area contributed by atoms with E-state index in [-0.39, 0.29) is 17.6 Å². The Morgan fingerprint density at radius 3 is 2.67 bits per heavy atom. The van der Waals surface area contributed by atoms with E-state index in [1.165, 1.54) is 7.11 Å². The number of methoxy groups -OCH3 is 1. The fourth-order valence-corrected chi connectivity index (χ4v) is 2.81. The number of benzene rings is 1. The third-order valence-electron chi connectivity index (χ3n) is 4.22. The molecule has 0 heterocycles. The molecule has 1 aromatic rings. The van der Waals surface area contributed by atoms with Crippen molar-refractivity contribution in [2.45, 2.75) is 32.2 Å². The lowest BCUT2D eigenvalue weighted by Gasteiger charge is -2.34. The molecule has 1 N–H and O–H groups in total. The summed E-state index contributed by atoms with van der Waals surface area (Å²) in [6.07, 6.45) is 11.2. The SMILES string of the molecule is CCC1(CC(NC(=O)OC)c2ccccc2)C=CC=CC1. The van der Waals surface area contributed by atoms with Crippen LogP contribution >= 0.6 is 0 Å². The van der Waals surface area contributed by atoms with Crippen LogP contribution in [0.3, 0.4) is 0 Å². The van der Waals surface area contributed by atoms with Crippen LogP contribution in [0.4, 0.5) is 4.79 Å². The first-order valence-corrected chi connectivity index (χ1v) is 7.43. The molecule has 0 radical (unpaired) electrons. The average Bonchev–Trinajstić information content (AvgIpc) is 2.56. The third kappa shape index (κ3) is 3.97. The van der Waals surface area contributed by atoms with Gasteiger partial charge in [-0.15, -0.1) is 0 Å². The molecule has 1 amide bonds. The number of carbonyl (C=O) groups excluding carboxylic acids is 1. The summed E-state index contributed by atoms with van der Waals surface area (Å²) in [7, 11) is 1.40. The van der Waals surface area contributed by atoms with Crippen molar-refractivity contribution in [3.8, 4) is 0 Å². The van der Waals surface area contributed by atoms with Crippen molar-refractivity contribution in [2.24, 2.45) is 5.41 Å². The first kappa shape index (κ1) is 15.4. The number of ether oxygens (including phenoxy) is 1. The van der Waals surface area contributed by atoms with Gasteiger partial charge in [0.1, 0.15) is 0 Å². The molecule has 3 heteroatoms. The largest absolute Gasteiger partial charge is 0.453 e. The van der Waals surface area contributed by atoms with Gasteiger partial charge in [0.05, 0.1) is 13.2 Å². The summed E-state index contributed by atoms with van der Waals surface area (Å²) in [5.41, 5.74) is 1.20. The Balaban J connectivity index is 2.21. The maximum Gasteiger partial charge on any atom is 0.407 e. The highest BCUT2D eigenvalue weighted by Gasteiger charge is 2.30. The second kappa shape index (κ2) is 7.11. The van der Waals surface area contributed by atoms with Gasteiger partial charge in [0.2, 0.25) is 0 Å². The summed E-state index contributed by atoms with van der Waals surface area (Å²) < 4.78 is 4.78. The maximum atomic E-state index is 11.7. The summed E-state index contributed by atoms with van der Waals surface area (Å²) in [6.45, 7) is 2.20. The van der Waals surface area contributed by atoms with E-state index in [0.29, 0.717) is 0 Å². The molecule has 21 heavy (non-hydrogen) atoms. The Bertz CT molecular complexity index is 521. The Morgan fingerprint density at radius 1 is 1.33 bits per heavy atom. The summed E-state index contributed by atoms with van der Waals surface area (Å²) in [5, 5.41) is 2.97. The van der Waals surface area contributed by atoms with E-state index < -0.39 is 0 Å². The minimum Gasteiger partial charge on any atom is -0.453 e. The topological polar surface area (TPSA) is 38.3 Å². The Hall–Kier alpha value is -2.03. The number of alkyl carbamates (subject to hydrolysis) is 1. The Kier molecular flexibility index (Phi) is 5.20. The lowest BCUT2D eigenvalue weighted by Crippen LogP contribution is -2.33. The molecular weight excluding hydrogens is 262 g/mol. The molecule has 112 valence electrons. The van der Waals surface area contributed by atoms with Gasteiger partial charge in [0.15, 0.2) is 0 Å². The van der Waals surface area contributed by atoms with E-state index >= 15 is 0 Å². The molecule has 1 aromatic carbocycles. The van der Waals surface area contributed by atoms with Gasteiger partial charge in [-0.3, -0.25) is 0 Å². The zero-order valence-electron chi connectivity index (χ0n) is 12.7. The molecule has 2 unspecified atom stereocenters. The molecule has 0 aromatic heterocycles. The highest BCUT2D eigenvalue weighted by atomic mass is 16.5. The molecule has 0 bridgehead atoms. The summed E-state index contributed by atoms with van der Waals surface area (Å²) in [5.74, 6) is 0. The van der Waals surface area contributed by atoms with E-state index in [1.54, 1.807) is 0 Å². The molecule has 0 saturated carbocycles.